The van der Waals surface area contributed by atoms with E-state index in [1.807, 2.05) is 0 Å². The van der Waals surface area contributed by atoms with E-state index in [4.69, 9.17) is 11.5 Å². The molecule has 0 bridgehead atoms. The van der Waals surface area contributed by atoms with Crippen molar-refractivity contribution in [2.24, 2.45) is 11.5 Å². The average Bonchev–Trinajstić information content (AvgIpc) is 2.15. The van der Waals surface area contributed by atoms with Crippen molar-refractivity contribution in [2.45, 2.75) is 38.0 Å². The summed E-state index contributed by atoms with van der Waals surface area (Å²) in [6, 6.07) is 5.42. The second-order valence-corrected chi connectivity index (χ2v) is 4.52. The molecule has 4 N–H and O–H groups in total. The first-order chi connectivity index (χ1) is 7.67. The van der Waals surface area contributed by atoms with Crippen molar-refractivity contribution in [3.8, 4) is 0 Å². The molecule has 0 aliphatic rings. The van der Waals surface area contributed by atoms with Crippen LogP contribution in [-0.2, 0) is 5.54 Å². The number of halogens is 3. The molecule has 1 rings (SSSR count). The molecular weight excluding hydrogens is 229 g/mol. The minimum absolute atomic E-state index is 0.0490. The Kier molecular flexibility index (Phi) is 3.84. The van der Waals surface area contributed by atoms with E-state index >= 15 is 0 Å². The molecule has 0 aromatic heterocycles. The third-order valence-electron chi connectivity index (χ3n) is 2.72. The van der Waals surface area contributed by atoms with Gasteiger partial charge in [0.1, 0.15) is 5.54 Å². The Morgan fingerprint density at radius 1 is 1.18 bits per heavy atom. The predicted molar refractivity (Wildman–Crippen MR) is 61.4 cm³/mol. The lowest BCUT2D eigenvalue weighted by Crippen LogP contribution is -2.53. The molecule has 1 aromatic rings. The summed E-state index contributed by atoms with van der Waals surface area (Å²) >= 11 is 0. The highest BCUT2D eigenvalue weighted by Crippen LogP contribution is 2.40. The van der Waals surface area contributed by atoms with Crippen molar-refractivity contribution in [3.63, 3.8) is 0 Å². The first kappa shape index (κ1) is 14.0. The second-order valence-electron chi connectivity index (χ2n) is 4.52. The van der Waals surface area contributed by atoms with E-state index in [-0.39, 0.29) is 12.0 Å². The van der Waals surface area contributed by atoms with Gasteiger partial charge in [0.15, 0.2) is 0 Å². The zero-order valence-electron chi connectivity index (χ0n) is 9.88. The topological polar surface area (TPSA) is 52.0 Å². The van der Waals surface area contributed by atoms with E-state index in [2.05, 4.69) is 0 Å². The summed E-state index contributed by atoms with van der Waals surface area (Å²) in [5, 5.41) is 0. The summed E-state index contributed by atoms with van der Waals surface area (Å²) in [4.78, 5) is 0. The molecule has 2 atom stereocenters. The average molecular weight is 246 g/mol. The molecule has 0 heterocycles. The highest BCUT2D eigenvalue weighted by atomic mass is 19.4. The Hall–Kier alpha value is -1.07. The SMILES string of the molecule is Cc1ccc([C@@](N)(CC(C)N)C(F)(F)F)cc1. The van der Waals surface area contributed by atoms with Crippen molar-refractivity contribution in [1.29, 1.82) is 0 Å². The lowest BCUT2D eigenvalue weighted by Gasteiger charge is -2.33. The molecule has 17 heavy (non-hydrogen) atoms. The fourth-order valence-corrected chi connectivity index (χ4v) is 1.76. The largest absolute Gasteiger partial charge is 0.410 e. The molecule has 0 spiro atoms. The molecule has 0 amide bonds. The molecule has 0 saturated carbocycles. The molecule has 96 valence electrons. The molecule has 1 unspecified atom stereocenters. The van der Waals surface area contributed by atoms with Crippen LogP contribution in [0.15, 0.2) is 24.3 Å². The summed E-state index contributed by atoms with van der Waals surface area (Å²) in [7, 11) is 0. The van der Waals surface area contributed by atoms with Crippen LogP contribution in [0, 0.1) is 6.92 Å². The van der Waals surface area contributed by atoms with E-state index in [9.17, 15) is 13.2 Å². The quantitative estimate of drug-likeness (QED) is 0.860. The maximum atomic E-state index is 13.1. The Morgan fingerprint density at radius 3 is 2.00 bits per heavy atom. The molecule has 0 radical (unpaired) electrons. The van der Waals surface area contributed by atoms with Crippen molar-refractivity contribution in [3.05, 3.63) is 35.4 Å². The van der Waals surface area contributed by atoms with E-state index in [0.29, 0.717) is 0 Å². The van der Waals surface area contributed by atoms with Crippen LogP contribution >= 0.6 is 0 Å². The maximum Gasteiger partial charge on any atom is 0.410 e. The lowest BCUT2D eigenvalue weighted by molar-refractivity contribution is -0.192. The summed E-state index contributed by atoms with van der Waals surface area (Å²) in [6.07, 6.45) is -4.85. The fourth-order valence-electron chi connectivity index (χ4n) is 1.76. The monoisotopic (exact) mass is 246 g/mol. The summed E-state index contributed by atoms with van der Waals surface area (Å²) in [5.74, 6) is 0. The van der Waals surface area contributed by atoms with Crippen LogP contribution in [0.4, 0.5) is 13.2 Å². The molecular formula is C12H17F3N2. The zero-order valence-corrected chi connectivity index (χ0v) is 9.88. The van der Waals surface area contributed by atoms with Crippen molar-refractivity contribution in [1.82, 2.24) is 0 Å². The molecule has 5 heteroatoms. The van der Waals surface area contributed by atoms with Crippen molar-refractivity contribution in [2.75, 3.05) is 0 Å². The van der Waals surface area contributed by atoms with Crippen LogP contribution in [0.1, 0.15) is 24.5 Å². The van der Waals surface area contributed by atoms with Crippen molar-refractivity contribution >= 4 is 0 Å². The van der Waals surface area contributed by atoms with Gasteiger partial charge in [-0.15, -0.1) is 0 Å². The number of hydrogen-bond acceptors (Lipinski definition) is 2. The number of benzene rings is 1. The van der Waals surface area contributed by atoms with Gasteiger partial charge in [-0.2, -0.15) is 13.2 Å². The van der Waals surface area contributed by atoms with E-state index in [1.54, 1.807) is 19.1 Å². The number of hydrogen-bond donors (Lipinski definition) is 2. The Morgan fingerprint density at radius 2 is 1.65 bits per heavy atom. The second kappa shape index (κ2) is 4.66. The number of nitrogens with two attached hydrogens (primary N) is 2. The van der Waals surface area contributed by atoms with E-state index in [1.165, 1.54) is 19.1 Å². The first-order valence-electron chi connectivity index (χ1n) is 5.35. The van der Waals surface area contributed by atoms with Gasteiger partial charge < -0.3 is 11.5 Å². The van der Waals surface area contributed by atoms with Crippen LogP contribution in [0.3, 0.4) is 0 Å². The standard InChI is InChI=1S/C12H17F3N2/c1-8-3-5-10(6-4-8)11(17,7-9(2)16)12(13,14)15/h3-6,9H,7,16-17H2,1-2H3/t9?,11-/m0/s1. The third-order valence-corrected chi connectivity index (χ3v) is 2.72. The van der Waals surface area contributed by atoms with Crippen LogP contribution in [-0.4, -0.2) is 12.2 Å². The van der Waals surface area contributed by atoms with Gasteiger partial charge >= 0.3 is 6.18 Å². The summed E-state index contributed by atoms with van der Waals surface area (Å²) in [6.45, 7) is 3.32. The molecule has 0 aliphatic heterocycles. The number of rotatable bonds is 3. The predicted octanol–water partition coefficient (Wildman–Crippen LogP) is 2.45. The molecule has 1 aromatic carbocycles. The fraction of sp³-hybridized carbons (Fsp3) is 0.500. The Labute approximate surface area is 98.8 Å². The van der Waals surface area contributed by atoms with Crippen LogP contribution in [0.25, 0.3) is 0 Å². The van der Waals surface area contributed by atoms with E-state index in [0.717, 1.165) is 5.56 Å². The van der Waals surface area contributed by atoms with E-state index < -0.39 is 17.8 Å². The van der Waals surface area contributed by atoms with Gasteiger partial charge in [0.25, 0.3) is 0 Å². The van der Waals surface area contributed by atoms with Crippen LogP contribution in [0.2, 0.25) is 0 Å². The minimum atomic E-state index is -4.52. The van der Waals surface area contributed by atoms with Gasteiger partial charge in [-0.05, 0) is 25.8 Å². The zero-order chi connectivity index (χ0) is 13.3. The first-order valence-corrected chi connectivity index (χ1v) is 5.35. The normalized spacial score (nSPS) is 17.6. The summed E-state index contributed by atoms with van der Waals surface area (Å²) < 4.78 is 39.2. The smallest absolute Gasteiger partial charge is 0.328 e. The molecule has 0 fully saturated rings. The number of alkyl halides is 3. The van der Waals surface area contributed by atoms with Gasteiger partial charge in [0.05, 0.1) is 0 Å². The highest BCUT2D eigenvalue weighted by Gasteiger charge is 2.53. The minimum Gasteiger partial charge on any atom is -0.328 e. The van der Waals surface area contributed by atoms with Crippen LogP contribution < -0.4 is 11.5 Å². The lowest BCUT2D eigenvalue weighted by atomic mass is 9.84. The number of aryl methyl sites for hydroxylation is 1. The summed E-state index contributed by atoms with van der Waals surface area (Å²) in [5.41, 5.74) is 9.56. The van der Waals surface area contributed by atoms with Gasteiger partial charge in [-0.25, -0.2) is 0 Å². The molecule has 2 nitrogen and oxygen atoms in total. The van der Waals surface area contributed by atoms with Gasteiger partial charge in [-0.3, -0.25) is 0 Å². The van der Waals surface area contributed by atoms with Crippen LogP contribution in [0.5, 0.6) is 0 Å². The van der Waals surface area contributed by atoms with Gasteiger partial charge in [0, 0.05) is 6.04 Å². The van der Waals surface area contributed by atoms with Gasteiger partial charge in [-0.1, -0.05) is 29.8 Å². The molecule has 0 saturated heterocycles. The van der Waals surface area contributed by atoms with Crippen molar-refractivity contribution < 1.29 is 13.2 Å². The Bertz CT molecular complexity index is 370. The third kappa shape index (κ3) is 2.98. The highest BCUT2D eigenvalue weighted by molar-refractivity contribution is 5.29. The Balaban J connectivity index is 3.19. The molecule has 0 aliphatic carbocycles. The maximum absolute atomic E-state index is 13.1. The van der Waals surface area contributed by atoms with Gasteiger partial charge in [0.2, 0.25) is 0 Å².